The summed E-state index contributed by atoms with van der Waals surface area (Å²) in [4.78, 5) is 4.89. The maximum Gasteiger partial charge on any atom is 0.157 e. The van der Waals surface area contributed by atoms with Crippen LogP contribution in [0.5, 0.6) is 0 Å². The van der Waals surface area contributed by atoms with Crippen LogP contribution in [0.4, 0.5) is 0 Å². The van der Waals surface area contributed by atoms with Crippen molar-refractivity contribution in [2.24, 2.45) is 10.9 Å². The minimum Gasteiger partial charge on any atom is -0.359 e. The molecule has 2 nitrogen and oxygen atoms in total. The fourth-order valence-electron chi connectivity index (χ4n) is 3.38. The lowest BCUT2D eigenvalue weighted by Crippen LogP contribution is -2.46. The average molecular weight is 299 g/mol. The van der Waals surface area contributed by atoms with Crippen LogP contribution in [0.1, 0.15) is 52.4 Å². The third kappa shape index (κ3) is 3.26. The number of hydrogen-bond acceptors (Lipinski definition) is 3. The number of hydrogen-bond donors (Lipinski definition) is 1. The van der Waals surface area contributed by atoms with E-state index in [9.17, 15) is 0 Å². The molecule has 2 aliphatic heterocycles. The van der Waals surface area contributed by atoms with Crippen LogP contribution in [0.25, 0.3) is 0 Å². The van der Waals surface area contributed by atoms with Gasteiger partial charge in [-0.1, -0.05) is 18.7 Å². The molecule has 1 spiro atoms. The lowest BCUT2D eigenvalue weighted by Gasteiger charge is -2.35. The molecule has 1 atom stereocenters. The maximum atomic E-state index is 4.89. The highest BCUT2D eigenvalue weighted by Crippen LogP contribution is 2.40. The lowest BCUT2D eigenvalue weighted by atomic mass is 9.78. The second-order valence-corrected chi connectivity index (χ2v) is 9.55. The molecule has 1 unspecified atom stereocenters. The first kappa shape index (κ1) is 14.1. The zero-order chi connectivity index (χ0) is 13.3. The van der Waals surface area contributed by atoms with Crippen LogP contribution in [0, 0.1) is 5.92 Å². The molecule has 19 heavy (non-hydrogen) atoms. The molecule has 3 rings (SSSR count). The van der Waals surface area contributed by atoms with Crippen molar-refractivity contribution in [2.75, 3.05) is 18.1 Å². The monoisotopic (exact) mass is 298 g/mol. The first-order valence-electron chi connectivity index (χ1n) is 7.69. The fourth-order valence-corrected chi connectivity index (χ4v) is 5.82. The van der Waals surface area contributed by atoms with Crippen LogP contribution in [0.3, 0.4) is 0 Å². The van der Waals surface area contributed by atoms with Crippen molar-refractivity contribution >= 4 is 28.7 Å². The van der Waals surface area contributed by atoms with Gasteiger partial charge in [0.1, 0.15) is 0 Å². The molecule has 2 saturated heterocycles. The van der Waals surface area contributed by atoms with E-state index in [0.29, 0.717) is 10.3 Å². The van der Waals surface area contributed by atoms with E-state index in [1.54, 1.807) is 0 Å². The summed E-state index contributed by atoms with van der Waals surface area (Å²) in [7, 11) is 0. The van der Waals surface area contributed by atoms with E-state index >= 15 is 0 Å². The molecule has 3 aliphatic rings. The molecule has 1 N–H and O–H groups in total. The zero-order valence-corrected chi connectivity index (χ0v) is 13.8. The molecule has 2 heterocycles. The van der Waals surface area contributed by atoms with Gasteiger partial charge in [0.15, 0.2) is 5.17 Å². The Balaban J connectivity index is 1.56. The zero-order valence-electron chi connectivity index (χ0n) is 12.2. The van der Waals surface area contributed by atoms with Gasteiger partial charge in [0.25, 0.3) is 0 Å². The van der Waals surface area contributed by atoms with Gasteiger partial charge in [-0.15, -0.1) is 0 Å². The van der Waals surface area contributed by atoms with Gasteiger partial charge in [0.05, 0.1) is 6.54 Å². The first-order chi connectivity index (χ1) is 9.09. The van der Waals surface area contributed by atoms with E-state index in [4.69, 9.17) is 4.99 Å². The minimum absolute atomic E-state index is 0.389. The van der Waals surface area contributed by atoms with E-state index < -0.39 is 0 Å². The van der Waals surface area contributed by atoms with E-state index in [1.807, 2.05) is 11.8 Å². The second kappa shape index (κ2) is 5.51. The maximum absolute atomic E-state index is 4.89. The standard InChI is InChI=1S/C15H26N2S2/c1-12-4-7-15(8-5-12)11-18-13(17-15)16-10-14(2)6-3-9-19-14/h12H,3-11H2,1-2H3,(H,16,17). The predicted octanol–water partition coefficient (Wildman–Crippen LogP) is 3.91. The predicted molar refractivity (Wildman–Crippen MR) is 88.4 cm³/mol. The van der Waals surface area contributed by atoms with Gasteiger partial charge >= 0.3 is 0 Å². The summed E-state index contributed by atoms with van der Waals surface area (Å²) in [5, 5.41) is 5.00. The van der Waals surface area contributed by atoms with Crippen LogP contribution < -0.4 is 5.32 Å². The number of rotatable bonds is 2. The van der Waals surface area contributed by atoms with Gasteiger partial charge in [0.2, 0.25) is 0 Å². The molecule has 0 aromatic carbocycles. The van der Waals surface area contributed by atoms with Gasteiger partial charge in [-0.2, -0.15) is 11.8 Å². The normalized spacial score (nSPS) is 44.9. The van der Waals surface area contributed by atoms with Crippen molar-refractivity contribution in [2.45, 2.75) is 62.7 Å². The van der Waals surface area contributed by atoms with Crippen molar-refractivity contribution < 1.29 is 0 Å². The van der Waals surface area contributed by atoms with Gasteiger partial charge in [-0.3, -0.25) is 4.99 Å². The van der Waals surface area contributed by atoms with Crippen LogP contribution in [0.15, 0.2) is 4.99 Å². The molecule has 0 amide bonds. The third-order valence-electron chi connectivity index (χ3n) is 4.95. The van der Waals surface area contributed by atoms with Gasteiger partial charge in [-0.05, 0) is 57.1 Å². The van der Waals surface area contributed by atoms with Crippen LogP contribution >= 0.6 is 23.5 Å². The topological polar surface area (TPSA) is 24.4 Å². The Hall–Kier alpha value is 0.170. The summed E-state index contributed by atoms with van der Waals surface area (Å²) < 4.78 is 0.409. The molecule has 0 bridgehead atoms. The second-order valence-electron chi connectivity index (χ2n) is 6.90. The number of aliphatic imine (C=N–C) groups is 1. The molecular formula is C15H26N2S2. The molecule has 108 valence electrons. The van der Waals surface area contributed by atoms with E-state index in [2.05, 4.69) is 30.9 Å². The summed E-state index contributed by atoms with van der Waals surface area (Å²) >= 11 is 4.07. The summed E-state index contributed by atoms with van der Waals surface area (Å²) in [5.74, 6) is 3.49. The van der Waals surface area contributed by atoms with Crippen molar-refractivity contribution in [3.8, 4) is 0 Å². The molecule has 0 radical (unpaired) electrons. The van der Waals surface area contributed by atoms with Crippen LogP contribution in [0.2, 0.25) is 0 Å². The number of amidine groups is 1. The van der Waals surface area contributed by atoms with Crippen molar-refractivity contribution in [1.29, 1.82) is 0 Å². The highest BCUT2D eigenvalue weighted by Gasteiger charge is 2.40. The summed E-state index contributed by atoms with van der Waals surface area (Å²) in [6.45, 7) is 5.77. The summed E-state index contributed by atoms with van der Waals surface area (Å²) in [5.41, 5.74) is 0.389. The third-order valence-corrected chi connectivity index (χ3v) is 7.67. The van der Waals surface area contributed by atoms with Gasteiger partial charge in [0, 0.05) is 16.0 Å². The van der Waals surface area contributed by atoms with E-state index in [0.717, 1.165) is 12.5 Å². The van der Waals surface area contributed by atoms with E-state index in [-0.39, 0.29) is 0 Å². The largest absolute Gasteiger partial charge is 0.359 e. The number of nitrogens with zero attached hydrogens (tertiary/aromatic N) is 1. The highest BCUT2D eigenvalue weighted by atomic mass is 32.2. The fraction of sp³-hybridized carbons (Fsp3) is 0.933. The molecule has 0 aromatic heterocycles. The number of nitrogens with one attached hydrogen (secondary N) is 1. The smallest absolute Gasteiger partial charge is 0.157 e. The SMILES string of the molecule is CC1CCC2(CC1)CSC(=NCC1(C)CCCS1)N2. The Labute approximate surface area is 126 Å². The lowest BCUT2D eigenvalue weighted by molar-refractivity contribution is 0.251. The number of thioether (sulfide) groups is 2. The Morgan fingerprint density at radius 3 is 2.79 bits per heavy atom. The Morgan fingerprint density at radius 2 is 2.11 bits per heavy atom. The van der Waals surface area contributed by atoms with Crippen LogP contribution in [-0.4, -0.2) is 33.5 Å². The Bertz CT molecular complexity index is 353. The average Bonchev–Trinajstić information content (AvgIpc) is 3.00. The van der Waals surface area contributed by atoms with Crippen molar-refractivity contribution in [3.05, 3.63) is 0 Å². The molecule has 4 heteroatoms. The molecule has 1 saturated carbocycles. The minimum atomic E-state index is 0.389. The van der Waals surface area contributed by atoms with Crippen molar-refractivity contribution in [1.82, 2.24) is 5.32 Å². The molecular weight excluding hydrogens is 272 g/mol. The summed E-state index contributed by atoms with van der Waals surface area (Å²) in [6.07, 6.45) is 8.15. The molecule has 3 fully saturated rings. The highest BCUT2D eigenvalue weighted by molar-refractivity contribution is 8.14. The Morgan fingerprint density at radius 1 is 1.32 bits per heavy atom. The van der Waals surface area contributed by atoms with Gasteiger partial charge in [-0.25, -0.2) is 0 Å². The summed E-state index contributed by atoms with van der Waals surface area (Å²) in [6, 6.07) is 0. The quantitative estimate of drug-likeness (QED) is 0.836. The van der Waals surface area contributed by atoms with E-state index in [1.165, 1.54) is 55.2 Å². The van der Waals surface area contributed by atoms with Crippen molar-refractivity contribution in [3.63, 3.8) is 0 Å². The molecule has 0 aromatic rings. The first-order valence-corrected chi connectivity index (χ1v) is 9.66. The molecule has 1 aliphatic carbocycles. The Kier molecular flexibility index (Phi) is 4.10. The van der Waals surface area contributed by atoms with Gasteiger partial charge < -0.3 is 5.32 Å². The van der Waals surface area contributed by atoms with Crippen LogP contribution in [-0.2, 0) is 0 Å².